The van der Waals surface area contributed by atoms with Gasteiger partial charge in [-0.3, -0.25) is 0 Å². The second-order valence-corrected chi connectivity index (χ2v) is 5.13. The summed E-state index contributed by atoms with van der Waals surface area (Å²) in [5.74, 6) is 2.74. The number of terminal acetylenes is 1. The van der Waals surface area contributed by atoms with Crippen LogP contribution in [0.5, 0.6) is 0 Å². The minimum atomic E-state index is 0.440. The summed E-state index contributed by atoms with van der Waals surface area (Å²) < 4.78 is 0. The number of fused-ring (bicyclic) bond motifs is 1. The lowest BCUT2D eigenvalue weighted by molar-refractivity contribution is 0.430. The van der Waals surface area contributed by atoms with E-state index in [1.807, 2.05) is 6.07 Å². The Morgan fingerprint density at radius 1 is 1.47 bits per heavy atom. The molecule has 0 radical (unpaired) electrons. The molecule has 0 amide bonds. The topological polar surface area (TPSA) is 12.0 Å². The van der Waals surface area contributed by atoms with Crippen LogP contribution in [0.25, 0.3) is 0 Å². The van der Waals surface area contributed by atoms with Gasteiger partial charge < -0.3 is 5.32 Å². The third-order valence-electron chi connectivity index (χ3n) is 3.43. The zero-order valence-electron chi connectivity index (χ0n) is 10.2. The van der Waals surface area contributed by atoms with Gasteiger partial charge in [0.2, 0.25) is 0 Å². The van der Waals surface area contributed by atoms with E-state index in [0.29, 0.717) is 12.1 Å². The van der Waals surface area contributed by atoms with Gasteiger partial charge in [-0.15, -0.1) is 12.3 Å². The normalized spacial score (nSPS) is 19.7. The third-order valence-corrected chi connectivity index (χ3v) is 3.66. The lowest BCUT2D eigenvalue weighted by atomic mass is 10.1. The highest BCUT2D eigenvalue weighted by Gasteiger charge is 2.22. The van der Waals surface area contributed by atoms with Crippen molar-refractivity contribution in [3.05, 3.63) is 34.3 Å². The molecule has 1 aromatic carbocycles. The van der Waals surface area contributed by atoms with Gasteiger partial charge in [0.25, 0.3) is 0 Å². The van der Waals surface area contributed by atoms with E-state index in [1.165, 1.54) is 11.1 Å². The van der Waals surface area contributed by atoms with Gasteiger partial charge in [0.15, 0.2) is 0 Å². The smallest absolute Gasteiger partial charge is 0.0408 e. The second-order valence-electron chi connectivity index (χ2n) is 4.70. The van der Waals surface area contributed by atoms with Crippen molar-refractivity contribution < 1.29 is 0 Å². The summed E-state index contributed by atoms with van der Waals surface area (Å²) in [5, 5.41) is 4.48. The van der Waals surface area contributed by atoms with Crippen LogP contribution in [0.3, 0.4) is 0 Å². The fourth-order valence-electron chi connectivity index (χ4n) is 2.50. The molecule has 1 aliphatic carbocycles. The maximum absolute atomic E-state index is 6.01. The van der Waals surface area contributed by atoms with Crippen LogP contribution in [0.1, 0.15) is 30.9 Å². The summed E-state index contributed by atoms with van der Waals surface area (Å²) in [6.07, 6.45) is 9.42. The summed E-state index contributed by atoms with van der Waals surface area (Å²) in [7, 11) is 0. The van der Waals surface area contributed by atoms with E-state index in [-0.39, 0.29) is 0 Å². The highest BCUT2D eigenvalue weighted by atomic mass is 35.5. The first-order valence-corrected chi connectivity index (χ1v) is 6.57. The molecule has 1 N–H and O–H groups in total. The monoisotopic (exact) mass is 247 g/mol. The Balaban J connectivity index is 1.98. The largest absolute Gasteiger partial charge is 0.310 e. The SMILES string of the molecule is C#CCC(CC)NC1Cc2ccc(Cl)cc2C1. The van der Waals surface area contributed by atoms with Gasteiger partial charge >= 0.3 is 0 Å². The number of hydrogen-bond acceptors (Lipinski definition) is 1. The van der Waals surface area contributed by atoms with E-state index in [1.54, 1.807) is 0 Å². The van der Waals surface area contributed by atoms with Gasteiger partial charge in [-0.2, -0.15) is 0 Å². The van der Waals surface area contributed by atoms with E-state index in [2.05, 4.69) is 30.3 Å². The van der Waals surface area contributed by atoms with Gasteiger partial charge in [0, 0.05) is 23.5 Å². The van der Waals surface area contributed by atoms with Crippen molar-refractivity contribution in [1.82, 2.24) is 5.32 Å². The summed E-state index contributed by atoms with van der Waals surface area (Å²) in [5.41, 5.74) is 2.80. The fourth-order valence-corrected chi connectivity index (χ4v) is 2.70. The molecule has 90 valence electrons. The molecule has 1 nitrogen and oxygen atoms in total. The maximum atomic E-state index is 6.01. The predicted octanol–water partition coefficient (Wildman–Crippen LogP) is 3.20. The highest BCUT2D eigenvalue weighted by molar-refractivity contribution is 6.30. The lowest BCUT2D eigenvalue weighted by Gasteiger charge is -2.19. The van der Waals surface area contributed by atoms with Crippen LogP contribution < -0.4 is 5.32 Å². The van der Waals surface area contributed by atoms with Crippen molar-refractivity contribution in [3.8, 4) is 12.3 Å². The van der Waals surface area contributed by atoms with E-state index in [9.17, 15) is 0 Å². The minimum Gasteiger partial charge on any atom is -0.310 e. The molecule has 0 aliphatic heterocycles. The van der Waals surface area contributed by atoms with Crippen molar-refractivity contribution in [2.24, 2.45) is 0 Å². The third kappa shape index (κ3) is 3.03. The molecule has 0 saturated heterocycles. The predicted molar refractivity (Wildman–Crippen MR) is 73.3 cm³/mol. The average molecular weight is 248 g/mol. The molecule has 1 aromatic rings. The molecule has 0 saturated carbocycles. The van der Waals surface area contributed by atoms with Crippen LogP contribution in [0.2, 0.25) is 5.02 Å². The van der Waals surface area contributed by atoms with E-state index in [4.69, 9.17) is 18.0 Å². The molecule has 2 unspecified atom stereocenters. The number of rotatable bonds is 4. The van der Waals surface area contributed by atoms with Crippen molar-refractivity contribution in [2.45, 2.75) is 44.7 Å². The van der Waals surface area contributed by atoms with Crippen molar-refractivity contribution in [2.75, 3.05) is 0 Å². The minimum absolute atomic E-state index is 0.440. The highest BCUT2D eigenvalue weighted by Crippen LogP contribution is 2.25. The second kappa shape index (κ2) is 5.58. The fraction of sp³-hybridized carbons (Fsp3) is 0.467. The van der Waals surface area contributed by atoms with E-state index >= 15 is 0 Å². The van der Waals surface area contributed by atoms with Crippen LogP contribution >= 0.6 is 11.6 Å². The zero-order valence-corrected chi connectivity index (χ0v) is 10.9. The number of benzene rings is 1. The molecule has 0 bridgehead atoms. The quantitative estimate of drug-likeness (QED) is 0.806. The molecule has 17 heavy (non-hydrogen) atoms. The number of hydrogen-bond donors (Lipinski definition) is 1. The first kappa shape index (κ1) is 12.5. The van der Waals surface area contributed by atoms with Gasteiger partial charge in [0.1, 0.15) is 0 Å². The van der Waals surface area contributed by atoms with Crippen molar-refractivity contribution >= 4 is 11.6 Å². The van der Waals surface area contributed by atoms with Crippen molar-refractivity contribution in [3.63, 3.8) is 0 Å². The van der Waals surface area contributed by atoms with Gasteiger partial charge in [-0.05, 0) is 42.5 Å². The Labute approximate surface area is 109 Å². The summed E-state index contributed by atoms with van der Waals surface area (Å²) in [6, 6.07) is 7.15. The van der Waals surface area contributed by atoms with E-state index in [0.717, 1.165) is 30.7 Å². The number of halogens is 1. The van der Waals surface area contributed by atoms with Crippen LogP contribution in [0.15, 0.2) is 18.2 Å². The molecular formula is C15H18ClN. The summed E-state index contributed by atoms with van der Waals surface area (Å²) in [4.78, 5) is 0. The first-order chi connectivity index (χ1) is 8.22. The Kier molecular flexibility index (Phi) is 4.10. The average Bonchev–Trinajstić information content (AvgIpc) is 2.69. The van der Waals surface area contributed by atoms with Crippen LogP contribution in [-0.4, -0.2) is 12.1 Å². The summed E-state index contributed by atoms with van der Waals surface area (Å²) >= 11 is 6.01. The van der Waals surface area contributed by atoms with Crippen LogP contribution in [-0.2, 0) is 12.8 Å². The van der Waals surface area contributed by atoms with Crippen LogP contribution in [0.4, 0.5) is 0 Å². The Morgan fingerprint density at radius 3 is 2.94 bits per heavy atom. The molecule has 1 aliphatic rings. The maximum Gasteiger partial charge on any atom is 0.0408 e. The van der Waals surface area contributed by atoms with Crippen molar-refractivity contribution in [1.29, 1.82) is 0 Å². The molecule has 0 fully saturated rings. The molecule has 0 aromatic heterocycles. The Morgan fingerprint density at radius 2 is 2.24 bits per heavy atom. The molecule has 2 atom stereocenters. The van der Waals surface area contributed by atoms with Gasteiger partial charge in [-0.25, -0.2) is 0 Å². The molecular weight excluding hydrogens is 230 g/mol. The van der Waals surface area contributed by atoms with Crippen LogP contribution in [0, 0.1) is 12.3 Å². The Hall–Kier alpha value is -0.970. The number of nitrogens with one attached hydrogen (secondary N) is 1. The van der Waals surface area contributed by atoms with Gasteiger partial charge in [0.05, 0.1) is 0 Å². The first-order valence-electron chi connectivity index (χ1n) is 6.19. The molecule has 2 heteroatoms. The van der Waals surface area contributed by atoms with E-state index < -0.39 is 0 Å². The molecule has 0 heterocycles. The molecule has 0 spiro atoms. The summed E-state index contributed by atoms with van der Waals surface area (Å²) in [6.45, 7) is 2.17. The van der Waals surface area contributed by atoms with Gasteiger partial charge in [-0.1, -0.05) is 24.6 Å². The Bertz CT molecular complexity index is 433. The molecule has 2 rings (SSSR count). The standard InChI is InChI=1S/C15H18ClN/c1-3-5-14(4-2)17-15-9-11-6-7-13(16)8-12(11)10-15/h1,6-8,14-15,17H,4-5,9-10H2,2H3. The lowest BCUT2D eigenvalue weighted by Crippen LogP contribution is -2.38. The zero-order chi connectivity index (χ0) is 12.3.